The fourth-order valence-corrected chi connectivity index (χ4v) is 2.83. The highest BCUT2D eigenvalue weighted by Crippen LogP contribution is 2.24. The van der Waals surface area contributed by atoms with Crippen LogP contribution in [0.25, 0.3) is 0 Å². The van der Waals surface area contributed by atoms with E-state index in [-0.39, 0.29) is 18.7 Å². The predicted octanol–water partition coefficient (Wildman–Crippen LogP) is 3.72. The van der Waals surface area contributed by atoms with Gasteiger partial charge < -0.3 is 19.7 Å². The topological polar surface area (TPSA) is 80.8 Å². The molecular formula is C18H26ClN3O4. The summed E-state index contributed by atoms with van der Waals surface area (Å²) in [4.78, 5) is 29.9. The Kier molecular flexibility index (Phi) is 6.69. The Balaban J connectivity index is 1.98. The van der Waals surface area contributed by atoms with Crippen LogP contribution in [0, 0.1) is 0 Å². The number of pyridine rings is 1. The van der Waals surface area contributed by atoms with Crippen molar-refractivity contribution in [1.29, 1.82) is 0 Å². The number of halogens is 1. The van der Waals surface area contributed by atoms with E-state index in [1.54, 1.807) is 17.9 Å². The van der Waals surface area contributed by atoms with Crippen molar-refractivity contribution < 1.29 is 19.1 Å². The van der Waals surface area contributed by atoms with E-state index in [0.29, 0.717) is 29.5 Å². The zero-order valence-corrected chi connectivity index (χ0v) is 16.4. The van der Waals surface area contributed by atoms with Gasteiger partial charge in [0.2, 0.25) is 0 Å². The summed E-state index contributed by atoms with van der Waals surface area (Å²) in [5.74, 6) is -0.439. The number of nitrogens with one attached hydrogen (secondary N) is 1. The van der Waals surface area contributed by atoms with Crippen molar-refractivity contribution in [3.63, 3.8) is 0 Å². The Bertz CT molecular complexity index is 652. The molecule has 0 aromatic carbocycles. The van der Waals surface area contributed by atoms with Gasteiger partial charge in [-0.15, -0.1) is 0 Å². The summed E-state index contributed by atoms with van der Waals surface area (Å²) in [6, 6.07) is 1.73. The zero-order valence-electron chi connectivity index (χ0n) is 15.7. The highest BCUT2D eigenvalue weighted by Gasteiger charge is 2.27. The number of esters is 1. The van der Waals surface area contributed by atoms with Gasteiger partial charge in [-0.2, -0.15) is 0 Å². The molecule has 144 valence electrons. The van der Waals surface area contributed by atoms with E-state index in [9.17, 15) is 9.59 Å². The SMILES string of the molecule is CCOC(=O)c1cnc(Cl)cc1NC1CCN(C(=O)OC(C)(C)C)CC1. The molecule has 8 heteroatoms. The molecular weight excluding hydrogens is 358 g/mol. The lowest BCUT2D eigenvalue weighted by Gasteiger charge is -2.34. The summed E-state index contributed by atoms with van der Waals surface area (Å²) in [6.45, 7) is 8.76. The maximum atomic E-state index is 12.1. The van der Waals surface area contributed by atoms with Crippen molar-refractivity contribution in [3.05, 3.63) is 23.0 Å². The molecule has 1 amide bonds. The van der Waals surface area contributed by atoms with Crippen LogP contribution >= 0.6 is 11.6 Å². The lowest BCUT2D eigenvalue weighted by molar-refractivity contribution is 0.0210. The molecule has 7 nitrogen and oxygen atoms in total. The molecule has 1 aliphatic rings. The first-order valence-corrected chi connectivity index (χ1v) is 9.14. The van der Waals surface area contributed by atoms with Gasteiger partial charge in [0.05, 0.1) is 12.3 Å². The largest absolute Gasteiger partial charge is 0.462 e. The van der Waals surface area contributed by atoms with E-state index in [2.05, 4.69) is 10.3 Å². The Morgan fingerprint density at radius 3 is 2.58 bits per heavy atom. The fraction of sp³-hybridized carbons (Fsp3) is 0.611. The van der Waals surface area contributed by atoms with Gasteiger partial charge >= 0.3 is 12.1 Å². The van der Waals surface area contributed by atoms with E-state index in [1.807, 2.05) is 20.8 Å². The lowest BCUT2D eigenvalue weighted by Crippen LogP contribution is -2.44. The average molecular weight is 384 g/mol. The Labute approximate surface area is 159 Å². The van der Waals surface area contributed by atoms with Crippen molar-refractivity contribution in [1.82, 2.24) is 9.88 Å². The minimum Gasteiger partial charge on any atom is -0.462 e. The van der Waals surface area contributed by atoms with E-state index in [4.69, 9.17) is 21.1 Å². The number of aromatic nitrogens is 1. The number of hydrogen-bond acceptors (Lipinski definition) is 6. The van der Waals surface area contributed by atoms with Gasteiger partial charge in [-0.05, 0) is 46.6 Å². The summed E-state index contributed by atoms with van der Waals surface area (Å²) >= 11 is 5.97. The van der Waals surface area contributed by atoms with E-state index in [0.717, 1.165) is 12.8 Å². The lowest BCUT2D eigenvalue weighted by atomic mass is 10.0. The van der Waals surface area contributed by atoms with Crippen molar-refractivity contribution in [2.24, 2.45) is 0 Å². The third-order valence-corrected chi connectivity index (χ3v) is 4.08. The molecule has 1 aromatic heterocycles. The monoisotopic (exact) mass is 383 g/mol. The Morgan fingerprint density at radius 1 is 1.35 bits per heavy atom. The molecule has 0 saturated carbocycles. The minimum absolute atomic E-state index is 0.111. The number of ether oxygens (including phenoxy) is 2. The molecule has 1 N–H and O–H groups in total. The summed E-state index contributed by atoms with van der Waals surface area (Å²) in [6.07, 6.45) is 2.59. The van der Waals surface area contributed by atoms with Crippen molar-refractivity contribution in [2.45, 2.75) is 52.2 Å². The second-order valence-electron chi connectivity index (χ2n) is 7.16. The highest BCUT2D eigenvalue weighted by atomic mass is 35.5. The number of likely N-dealkylation sites (tertiary alicyclic amines) is 1. The van der Waals surface area contributed by atoms with Crippen LogP contribution in [-0.2, 0) is 9.47 Å². The normalized spacial score (nSPS) is 15.5. The molecule has 0 unspecified atom stereocenters. The number of carbonyl (C=O) groups excluding carboxylic acids is 2. The molecule has 1 saturated heterocycles. The molecule has 2 heterocycles. The van der Waals surface area contributed by atoms with Crippen LogP contribution in [0.5, 0.6) is 0 Å². The second kappa shape index (κ2) is 8.58. The van der Waals surface area contributed by atoms with Crippen LogP contribution in [0.2, 0.25) is 5.15 Å². The molecule has 0 aliphatic carbocycles. The highest BCUT2D eigenvalue weighted by molar-refractivity contribution is 6.29. The summed E-state index contributed by atoms with van der Waals surface area (Å²) < 4.78 is 10.5. The number of carbonyl (C=O) groups is 2. The number of amides is 1. The summed E-state index contributed by atoms with van der Waals surface area (Å²) in [5.41, 5.74) is 0.444. The molecule has 0 spiro atoms. The smallest absolute Gasteiger partial charge is 0.410 e. The minimum atomic E-state index is -0.505. The van der Waals surface area contributed by atoms with Crippen LogP contribution < -0.4 is 5.32 Å². The van der Waals surface area contributed by atoms with Crippen LogP contribution in [0.15, 0.2) is 12.3 Å². The van der Waals surface area contributed by atoms with Crippen LogP contribution in [0.3, 0.4) is 0 Å². The quantitative estimate of drug-likeness (QED) is 0.630. The van der Waals surface area contributed by atoms with Crippen molar-refractivity contribution in [2.75, 3.05) is 25.0 Å². The van der Waals surface area contributed by atoms with Crippen molar-refractivity contribution >= 4 is 29.4 Å². The number of anilines is 1. The van der Waals surface area contributed by atoms with Gasteiger partial charge in [-0.1, -0.05) is 11.6 Å². The maximum absolute atomic E-state index is 12.1. The first-order valence-electron chi connectivity index (χ1n) is 8.76. The summed E-state index contributed by atoms with van der Waals surface area (Å²) in [5, 5.41) is 3.63. The van der Waals surface area contributed by atoms with Crippen LogP contribution in [-0.4, -0.2) is 53.3 Å². The second-order valence-corrected chi connectivity index (χ2v) is 7.55. The van der Waals surface area contributed by atoms with E-state index >= 15 is 0 Å². The third kappa shape index (κ3) is 5.76. The average Bonchev–Trinajstić information content (AvgIpc) is 2.54. The number of hydrogen-bond donors (Lipinski definition) is 1. The van der Waals surface area contributed by atoms with Gasteiger partial charge in [-0.25, -0.2) is 14.6 Å². The fourth-order valence-electron chi connectivity index (χ4n) is 2.67. The van der Waals surface area contributed by atoms with Gasteiger partial charge in [0.25, 0.3) is 0 Å². The number of piperidine rings is 1. The number of nitrogens with zero attached hydrogens (tertiary/aromatic N) is 2. The van der Waals surface area contributed by atoms with Crippen molar-refractivity contribution in [3.8, 4) is 0 Å². The van der Waals surface area contributed by atoms with Gasteiger partial charge in [-0.3, -0.25) is 0 Å². The molecule has 2 rings (SSSR count). The van der Waals surface area contributed by atoms with E-state index in [1.165, 1.54) is 6.20 Å². The molecule has 1 fully saturated rings. The predicted molar refractivity (Wildman–Crippen MR) is 99.7 cm³/mol. The third-order valence-electron chi connectivity index (χ3n) is 3.87. The Hall–Kier alpha value is -2.02. The zero-order chi connectivity index (χ0) is 19.3. The van der Waals surface area contributed by atoms with Gasteiger partial charge in [0.15, 0.2) is 0 Å². The standard InChI is InChI=1S/C18H26ClN3O4/c1-5-25-16(23)13-11-20-15(19)10-14(13)21-12-6-8-22(9-7-12)17(24)26-18(2,3)4/h10-12H,5-9H2,1-4H3,(H,20,21). The Morgan fingerprint density at radius 2 is 2.00 bits per heavy atom. The molecule has 1 aliphatic heterocycles. The molecule has 0 bridgehead atoms. The van der Waals surface area contributed by atoms with Gasteiger partial charge in [0, 0.05) is 25.3 Å². The molecule has 0 atom stereocenters. The first kappa shape index (κ1) is 20.3. The maximum Gasteiger partial charge on any atom is 0.410 e. The molecule has 1 aromatic rings. The molecule has 0 radical (unpaired) electrons. The first-order chi connectivity index (χ1) is 12.2. The molecule has 26 heavy (non-hydrogen) atoms. The number of rotatable bonds is 4. The summed E-state index contributed by atoms with van der Waals surface area (Å²) in [7, 11) is 0. The van der Waals surface area contributed by atoms with E-state index < -0.39 is 11.6 Å². The van der Waals surface area contributed by atoms with Crippen LogP contribution in [0.4, 0.5) is 10.5 Å². The van der Waals surface area contributed by atoms with Crippen LogP contribution in [0.1, 0.15) is 50.9 Å². The van der Waals surface area contributed by atoms with Gasteiger partial charge in [0.1, 0.15) is 16.3 Å².